The number of nitrogens with one attached hydrogen (secondary N) is 1. The van der Waals surface area contributed by atoms with Crippen LogP contribution in [0.15, 0.2) is 58.5 Å². The predicted octanol–water partition coefficient (Wildman–Crippen LogP) is 4.31. The van der Waals surface area contributed by atoms with Crippen LogP contribution in [0.5, 0.6) is 11.5 Å². The van der Waals surface area contributed by atoms with Gasteiger partial charge in [0, 0.05) is 17.7 Å². The van der Waals surface area contributed by atoms with Gasteiger partial charge in [0.25, 0.3) is 11.6 Å². The highest BCUT2D eigenvalue weighted by molar-refractivity contribution is 6.10. The van der Waals surface area contributed by atoms with Crippen molar-refractivity contribution in [2.75, 3.05) is 18.5 Å². The molecule has 3 aromatic rings. The number of nitro groups is 1. The topological polar surface area (TPSA) is 128 Å². The summed E-state index contributed by atoms with van der Waals surface area (Å²) in [6.07, 6.45) is 1.20. The normalized spacial score (nSPS) is 12.7. The molecule has 0 atom stereocenters. The third-order valence-electron chi connectivity index (χ3n) is 4.51. The molecule has 0 radical (unpaired) electrons. The minimum Gasteiger partial charge on any atom is -0.486 e. The molecule has 4 rings (SSSR count). The van der Waals surface area contributed by atoms with Gasteiger partial charge in [-0.15, -0.1) is 0 Å². The van der Waals surface area contributed by atoms with E-state index < -0.39 is 22.3 Å². The van der Waals surface area contributed by atoms with E-state index in [1.54, 1.807) is 12.1 Å². The van der Waals surface area contributed by atoms with Gasteiger partial charge in [0.1, 0.15) is 47.9 Å². The number of anilines is 1. The van der Waals surface area contributed by atoms with Crippen molar-refractivity contribution in [3.8, 4) is 28.9 Å². The lowest BCUT2D eigenvalue weighted by Gasteiger charge is -2.19. The van der Waals surface area contributed by atoms with E-state index >= 15 is 0 Å². The number of nitrogens with zero attached hydrogens (tertiary/aromatic N) is 2. The van der Waals surface area contributed by atoms with Crippen molar-refractivity contribution in [1.29, 1.82) is 5.26 Å². The molecule has 0 spiro atoms. The molecule has 1 N–H and O–H groups in total. The van der Waals surface area contributed by atoms with Gasteiger partial charge in [0.15, 0.2) is 11.5 Å². The number of fused-ring (bicyclic) bond motifs is 1. The lowest BCUT2D eigenvalue weighted by atomic mass is 10.2. The second-order valence-electron chi connectivity index (χ2n) is 6.60. The molecule has 0 aliphatic carbocycles. The molecule has 1 aliphatic heterocycles. The molecule has 2 aromatic carbocycles. The Morgan fingerprint density at radius 2 is 1.81 bits per heavy atom. The van der Waals surface area contributed by atoms with Crippen LogP contribution in [0.25, 0.3) is 17.4 Å². The molecule has 160 valence electrons. The van der Waals surface area contributed by atoms with Crippen molar-refractivity contribution in [2.45, 2.75) is 0 Å². The Morgan fingerprint density at radius 3 is 2.47 bits per heavy atom. The number of furan rings is 1. The first-order valence-corrected chi connectivity index (χ1v) is 9.31. The van der Waals surface area contributed by atoms with E-state index in [1.807, 2.05) is 0 Å². The molecule has 10 heteroatoms. The fraction of sp³-hybridized carbons (Fsp3) is 0.0909. The van der Waals surface area contributed by atoms with Crippen LogP contribution in [0.4, 0.5) is 15.8 Å². The van der Waals surface area contributed by atoms with Crippen LogP contribution < -0.4 is 14.8 Å². The fourth-order valence-electron chi connectivity index (χ4n) is 3.01. The van der Waals surface area contributed by atoms with Crippen LogP contribution in [-0.4, -0.2) is 24.0 Å². The molecule has 9 nitrogen and oxygen atoms in total. The van der Waals surface area contributed by atoms with E-state index in [4.69, 9.17) is 13.9 Å². The van der Waals surface area contributed by atoms with Gasteiger partial charge in [0.2, 0.25) is 0 Å². The number of ether oxygens (including phenoxy) is 2. The number of hydrogen-bond donors (Lipinski definition) is 1. The van der Waals surface area contributed by atoms with E-state index in [2.05, 4.69) is 5.32 Å². The van der Waals surface area contributed by atoms with E-state index in [0.717, 1.165) is 6.07 Å². The second-order valence-corrected chi connectivity index (χ2v) is 6.60. The number of carbonyl (C=O) groups is 1. The smallest absolute Gasteiger partial charge is 0.296 e. The third kappa shape index (κ3) is 4.27. The predicted molar refractivity (Wildman–Crippen MR) is 110 cm³/mol. The lowest BCUT2D eigenvalue weighted by molar-refractivity contribution is -0.384. The maximum Gasteiger partial charge on any atom is 0.296 e. The van der Waals surface area contributed by atoms with Crippen molar-refractivity contribution < 1.29 is 28.0 Å². The van der Waals surface area contributed by atoms with Crippen molar-refractivity contribution in [3.63, 3.8) is 0 Å². The summed E-state index contributed by atoms with van der Waals surface area (Å²) >= 11 is 0. The second kappa shape index (κ2) is 8.61. The zero-order valence-corrected chi connectivity index (χ0v) is 16.3. The average Bonchev–Trinajstić information content (AvgIpc) is 3.26. The van der Waals surface area contributed by atoms with Crippen molar-refractivity contribution >= 4 is 23.4 Å². The maximum atomic E-state index is 13.1. The van der Waals surface area contributed by atoms with E-state index in [0.29, 0.717) is 11.3 Å². The zero-order chi connectivity index (χ0) is 22.7. The zero-order valence-electron chi connectivity index (χ0n) is 16.3. The molecule has 1 amide bonds. The molecule has 0 saturated carbocycles. The van der Waals surface area contributed by atoms with Crippen molar-refractivity contribution in [1.82, 2.24) is 0 Å². The summed E-state index contributed by atoms with van der Waals surface area (Å²) in [5, 5.41) is 23.2. The minimum atomic E-state index is -0.869. The molecule has 32 heavy (non-hydrogen) atoms. The quantitative estimate of drug-likeness (QED) is 0.274. The summed E-state index contributed by atoms with van der Waals surface area (Å²) in [6.45, 7) is 0.511. The molecular weight excluding hydrogens is 421 g/mol. The largest absolute Gasteiger partial charge is 0.486 e. The summed E-state index contributed by atoms with van der Waals surface area (Å²) < 4.78 is 29.4. The van der Waals surface area contributed by atoms with E-state index in [-0.39, 0.29) is 41.7 Å². The van der Waals surface area contributed by atoms with Crippen LogP contribution in [0.1, 0.15) is 5.76 Å². The Balaban J connectivity index is 1.59. The summed E-state index contributed by atoms with van der Waals surface area (Å²) in [7, 11) is 0. The average molecular weight is 435 g/mol. The van der Waals surface area contributed by atoms with Crippen LogP contribution in [0, 0.1) is 27.3 Å². The number of carbonyl (C=O) groups excluding carboxylic acids is 1. The molecular formula is C22H14FN3O6. The summed E-state index contributed by atoms with van der Waals surface area (Å²) in [4.78, 5) is 23.4. The number of benzene rings is 2. The first-order valence-electron chi connectivity index (χ1n) is 9.31. The van der Waals surface area contributed by atoms with Gasteiger partial charge < -0.3 is 19.2 Å². The number of nitro benzene ring substituents is 1. The van der Waals surface area contributed by atoms with Crippen LogP contribution in [0.2, 0.25) is 0 Å². The molecule has 0 fully saturated rings. The molecule has 2 heterocycles. The van der Waals surface area contributed by atoms with Crippen LogP contribution in [-0.2, 0) is 4.79 Å². The molecule has 1 aliphatic rings. The Bertz CT molecular complexity index is 1270. The highest BCUT2D eigenvalue weighted by Gasteiger charge is 2.24. The minimum absolute atomic E-state index is 0.142. The Morgan fingerprint density at radius 1 is 1.12 bits per heavy atom. The van der Waals surface area contributed by atoms with Gasteiger partial charge in [-0.25, -0.2) is 4.39 Å². The SMILES string of the molecule is N#C/C(=C\c1ccc(-c2ccc(F)cc2)o1)C(=O)Nc1cc2c(cc1[N+](=O)[O-])OCCO2. The third-order valence-corrected chi connectivity index (χ3v) is 4.51. The molecule has 0 unspecified atom stereocenters. The van der Waals surface area contributed by atoms with Gasteiger partial charge in [-0.3, -0.25) is 14.9 Å². The summed E-state index contributed by atoms with van der Waals surface area (Å²) in [5.41, 5.74) is -0.275. The first-order chi connectivity index (χ1) is 15.4. The fourth-order valence-corrected chi connectivity index (χ4v) is 3.01. The van der Waals surface area contributed by atoms with E-state index in [1.165, 1.54) is 42.5 Å². The van der Waals surface area contributed by atoms with Gasteiger partial charge in [-0.2, -0.15) is 5.26 Å². The number of hydrogen-bond acceptors (Lipinski definition) is 7. The van der Waals surface area contributed by atoms with Crippen molar-refractivity contribution in [2.24, 2.45) is 0 Å². The Hall–Kier alpha value is -4.65. The van der Waals surface area contributed by atoms with E-state index in [9.17, 15) is 24.6 Å². The molecule has 0 saturated heterocycles. The van der Waals surface area contributed by atoms with Crippen LogP contribution in [0.3, 0.4) is 0 Å². The molecule has 1 aromatic heterocycles. The van der Waals surface area contributed by atoms with Gasteiger partial charge in [0.05, 0.1) is 11.0 Å². The number of rotatable bonds is 5. The standard InChI is InChI=1S/C22H14FN3O6/c23-15-3-1-13(2-4-15)19-6-5-16(32-19)9-14(12-24)22(27)25-17-10-20-21(31-8-7-30-20)11-18(17)26(28)29/h1-6,9-11H,7-8H2,(H,25,27)/b14-9+. The monoisotopic (exact) mass is 435 g/mol. The van der Waals surface area contributed by atoms with Gasteiger partial charge in [-0.1, -0.05) is 0 Å². The number of amides is 1. The van der Waals surface area contributed by atoms with Gasteiger partial charge >= 0.3 is 0 Å². The highest BCUT2D eigenvalue weighted by atomic mass is 19.1. The summed E-state index contributed by atoms with van der Waals surface area (Å²) in [5.74, 6) is -0.205. The van der Waals surface area contributed by atoms with Crippen LogP contribution >= 0.6 is 0 Å². The number of nitriles is 1. The Kier molecular flexibility index (Phi) is 5.55. The maximum absolute atomic E-state index is 13.1. The van der Waals surface area contributed by atoms with Gasteiger partial charge in [-0.05, 0) is 36.4 Å². The lowest BCUT2D eigenvalue weighted by Crippen LogP contribution is -2.18. The molecule has 0 bridgehead atoms. The highest BCUT2D eigenvalue weighted by Crippen LogP contribution is 2.39. The first kappa shape index (κ1) is 20.6. The summed E-state index contributed by atoms with van der Waals surface area (Å²) in [6, 6.07) is 12.9. The number of halogens is 1. The Labute approximate surface area is 180 Å². The van der Waals surface area contributed by atoms with Crippen molar-refractivity contribution in [3.05, 3.63) is 75.8 Å².